The standard InChI is InChI=1S/C22H17FN6O2/c23-15-10-8-14(9-11-15)18(24)31-22(25)29-20-21(30)28-19-16(7-4-12-26-19)17(27-20)13-5-2-1-3-6-13/h1-12,20,24H,(H2,25,29)(H,26,28,30). The van der Waals surface area contributed by atoms with Crippen molar-refractivity contribution in [3.63, 3.8) is 0 Å². The second kappa shape index (κ2) is 8.54. The van der Waals surface area contributed by atoms with Crippen LogP contribution >= 0.6 is 0 Å². The molecule has 9 heteroatoms. The molecule has 0 aliphatic carbocycles. The number of nitrogens with one attached hydrogen (secondary N) is 4. The van der Waals surface area contributed by atoms with Crippen LogP contribution in [0.25, 0.3) is 0 Å². The molecule has 8 nitrogen and oxygen atoms in total. The van der Waals surface area contributed by atoms with Gasteiger partial charge in [0.2, 0.25) is 12.1 Å². The molecule has 1 aliphatic rings. The number of ether oxygens (including phenoxy) is 1. The first kappa shape index (κ1) is 19.9. The average molecular weight is 416 g/mol. The molecule has 0 saturated carbocycles. The van der Waals surface area contributed by atoms with E-state index in [1.807, 2.05) is 30.3 Å². The van der Waals surface area contributed by atoms with E-state index in [1.54, 1.807) is 18.3 Å². The highest BCUT2D eigenvalue weighted by atomic mass is 19.1. The molecule has 0 bridgehead atoms. The molecule has 31 heavy (non-hydrogen) atoms. The van der Waals surface area contributed by atoms with Crippen molar-refractivity contribution in [2.45, 2.75) is 6.17 Å². The maximum Gasteiger partial charge on any atom is 0.290 e. The monoisotopic (exact) mass is 416 g/mol. The minimum Gasteiger partial charge on any atom is -0.407 e. The number of carbonyl (C=O) groups is 1. The summed E-state index contributed by atoms with van der Waals surface area (Å²) in [6, 6.07) is 17.4. The fraction of sp³-hybridized carbons (Fsp3) is 0.0455. The molecule has 0 saturated heterocycles. The lowest BCUT2D eigenvalue weighted by Gasteiger charge is -2.15. The van der Waals surface area contributed by atoms with Crippen molar-refractivity contribution in [2.24, 2.45) is 4.99 Å². The van der Waals surface area contributed by atoms with Gasteiger partial charge in [-0.25, -0.2) is 14.4 Å². The summed E-state index contributed by atoms with van der Waals surface area (Å²) < 4.78 is 18.2. The number of carbonyl (C=O) groups excluding carboxylic acids is 1. The van der Waals surface area contributed by atoms with Gasteiger partial charge in [0.25, 0.3) is 11.9 Å². The van der Waals surface area contributed by atoms with Crippen molar-refractivity contribution in [3.05, 3.63) is 95.4 Å². The second-order valence-electron chi connectivity index (χ2n) is 6.55. The molecule has 2 aromatic carbocycles. The summed E-state index contributed by atoms with van der Waals surface area (Å²) >= 11 is 0. The van der Waals surface area contributed by atoms with Crippen LogP contribution in [0.4, 0.5) is 10.2 Å². The number of hydrogen-bond donors (Lipinski definition) is 4. The Morgan fingerprint density at radius 3 is 2.52 bits per heavy atom. The number of amides is 1. The Morgan fingerprint density at radius 2 is 1.77 bits per heavy atom. The van der Waals surface area contributed by atoms with Gasteiger partial charge >= 0.3 is 0 Å². The molecule has 0 radical (unpaired) electrons. The van der Waals surface area contributed by atoms with Crippen LogP contribution in [0.3, 0.4) is 0 Å². The average Bonchev–Trinajstić information content (AvgIpc) is 2.91. The van der Waals surface area contributed by atoms with Crippen molar-refractivity contribution in [2.75, 3.05) is 5.32 Å². The summed E-state index contributed by atoms with van der Waals surface area (Å²) in [5, 5.41) is 21.2. The Hall–Kier alpha value is -4.40. The summed E-state index contributed by atoms with van der Waals surface area (Å²) in [6.45, 7) is 0. The zero-order valence-corrected chi connectivity index (χ0v) is 16.1. The highest BCUT2D eigenvalue weighted by Gasteiger charge is 2.27. The van der Waals surface area contributed by atoms with E-state index in [2.05, 4.69) is 20.6 Å². The fourth-order valence-electron chi connectivity index (χ4n) is 2.98. The van der Waals surface area contributed by atoms with E-state index in [1.165, 1.54) is 24.3 Å². The van der Waals surface area contributed by atoms with Crippen molar-refractivity contribution >= 4 is 29.4 Å². The molecule has 1 aliphatic heterocycles. The lowest BCUT2D eigenvalue weighted by molar-refractivity contribution is -0.117. The van der Waals surface area contributed by atoms with Gasteiger partial charge in [-0.1, -0.05) is 30.3 Å². The van der Waals surface area contributed by atoms with Crippen molar-refractivity contribution < 1.29 is 13.9 Å². The summed E-state index contributed by atoms with van der Waals surface area (Å²) in [4.78, 5) is 21.5. The van der Waals surface area contributed by atoms with E-state index >= 15 is 0 Å². The van der Waals surface area contributed by atoms with E-state index in [0.717, 1.165) is 5.56 Å². The molecule has 4 N–H and O–H groups in total. The minimum atomic E-state index is -1.20. The van der Waals surface area contributed by atoms with Gasteiger partial charge in [0, 0.05) is 22.9 Å². The Morgan fingerprint density at radius 1 is 1.03 bits per heavy atom. The number of hydrogen-bond acceptors (Lipinski definition) is 6. The van der Waals surface area contributed by atoms with Crippen LogP contribution in [0.5, 0.6) is 0 Å². The van der Waals surface area contributed by atoms with E-state index in [9.17, 15) is 9.18 Å². The highest BCUT2D eigenvalue weighted by Crippen LogP contribution is 2.21. The van der Waals surface area contributed by atoms with Crippen LogP contribution in [-0.4, -0.2) is 34.7 Å². The maximum atomic E-state index is 13.1. The Labute approximate surface area is 176 Å². The van der Waals surface area contributed by atoms with Gasteiger partial charge in [0.15, 0.2) is 0 Å². The Bertz CT molecular complexity index is 1180. The Balaban J connectivity index is 1.59. The number of benzene rings is 2. The molecule has 154 valence electrons. The number of halogens is 1. The molecule has 2 heterocycles. The van der Waals surface area contributed by atoms with Crippen LogP contribution in [0.1, 0.15) is 16.7 Å². The summed E-state index contributed by atoms with van der Waals surface area (Å²) in [5.74, 6) is -1.00. The number of rotatable bonds is 3. The third-order valence-corrected chi connectivity index (χ3v) is 4.44. The van der Waals surface area contributed by atoms with Gasteiger partial charge in [0.1, 0.15) is 11.6 Å². The maximum absolute atomic E-state index is 13.1. The number of anilines is 1. The molecular formula is C22H17FN6O2. The molecule has 1 aromatic heterocycles. The lowest BCUT2D eigenvalue weighted by atomic mass is 10.0. The number of amidine groups is 1. The lowest BCUT2D eigenvalue weighted by Crippen LogP contribution is -2.43. The van der Waals surface area contributed by atoms with E-state index in [-0.39, 0.29) is 11.5 Å². The number of aliphatic imine (C=N–C) groups is 1. The SMILES string of the molecule is N=C(NC1N=C(c2ccccc2)c2cccnc2NC1=O)OC(=N)c1ccc(F)cc1. The van der Waals surface area contributed by atoms with Gasteiger partial charge in [-0.3, -0.25) is 15.6 Å². The Kier molecular flexibility index (Phi) is 5.48. The highest BCUT2D eigenvalue weighted by molar-refractivity contribution is 6.19. The van der Waals surface area contributed by atoms with Gasteiger partial charge in [-0.05, 0) is 36.4 Å². The largest absolute Gasteiger partial charge is 0.407 e. The first-order valence-electron chi connectivity index (χ1n) is 9.28. The molecule has 0 fully saturated rings. The van der Waals surface area contributed by atoms with Crippen molar-refractivity contribution in [3.8, 4) is 0 Å². The fourth-order valence-corrected chi connectivity index (χ4v) is 2.98. The molecular weight excluding hydrogens is 399 g/mol. The zero-order chi connectivity index (χ0) is 21.8. The predicted octanol–water partition coefficient (Wildman–Crippen LogP) is 2.90. The summed E-state index contributed by atoms with van der Waals surface area (Å²) in [7, 11) is 0. The first-order chi connectivity index (χ1) is 15.0. The van der Waals surface area contributed by atoms with Gasteiger partial charge in [-0.2, -0.15) is 0 Å². The molecule has 0 spiro atoms. The van der Waals surface area contributed by atoms with Crippen LogP contribution in [0.2, 0.25) is 0 Å². The molecule has 4 rings (SSSR count). The second-order valence-corrected chi connectivity index (χ2v) is 6.55. The molecule has 1 unspecified atom stereocenters. The topological polar surface area (TPSA) is 123 Å². The van der Waals surface area contributed by atoms with Gasteiger partial charge in [0.05, 0.1) is 5.71 Å². The van der Waals surface area contributed by atoms with Crippen LogP contribution < -0.4 is 10.6 Å². The first-order valence-corrected chi connectivity index (χ1v) is 9.28. The third kappa shape index (κ3) is 4.45. The minimum absolute atomic E-state index is 0.281. The number of pyridine rings is 1. The summed E-state index contributed by atoms with van der Waals surface area (Å²) in [6.07, 6.45) is 0.364. The number of fused-ring (bicyclic) bond motifs is 1. The molecule has 1 atom stereocenters. The normalized spacial score (nSPS) is 15.1. The quantitative estimate of drug-likeness (QED) is 0.387. The third-order valence-electron chi connectivity index (χ3n) is 4.44. The van der Waals surface area contributed by atoms with Crippen molar-refractivity contribution in [1.29, 1.82) is 10.8 Å². The number of aromatic nitrogens is 1. The van der Waals surface area contributed by atoms with E-state index in [0.29, 0.717) is 17.1 Å². The van der Waals surface area contributed by atoms with Crippen LogP contribution in [-0.2, 0) is 9.53 Å². The smallest absolute Gasteiger partial charge is 0.290 e. The van der Waals surface area contributed by atoms with Crippen molar-refractivity contribution in [1.82, 2.24) is 10.3 Å². The zero-order valence-electron chi connectivity index (χ0n) is 16.1. The molecule has 3 aromatic rings. The van der Waals surface area contributed by atoms with E-state index in [4.69, 9.17) is 15.6 Å². The number of nitrogens with zero attached hydrogens (tertiary/aromatic N) is 2. The summed E-state index contributed by atoms with van der Waals surface area (Å²) in [5.41, 5.74) is 2.20. The predicted molar refractivity (Wildman–Crippen MR) is 114 cm³/mol. The molecule has 1 amide bonds. The van der Waals surface area contributed by atoms with Gasteiger partial charge in [-0.15, -0.1) is 0 Å². The van der Waals surface area contributed by atoms with Gasteiger partial charge < -0.3 is 15.4 Å². The van der Waals surface area contributed by atoms with Crippen LogP contribution in [0, 0.1) is 16.6 Å². The van der Waals surface area contributed by atoms with E-state index < -0.39 is 23.9 Å². The van der Waals surface area contributed by atoms with Crippen LogP contribution in [0.15, 0.2) is 77.9 Å².